The molecule has 3 nitrogen and oxygen atoms in total. The van der Waals surface area contributed by atoms with Crippen LogP contribution in [-0.2, 0) is 11.2 Å². The second kappa shape index (κ2) is 7.24. The van der Waals surface area contributed by atoms with Gasteiger partial charge in [0.1, 0.15) is 5.82 Å². The molecule has 0 spiro atoms. The monoisotopic (exact) mass is 266 g/mol. The van der Waals surface area contributed by atoms with Crippen LogP contribution in [0.1, 0.15) is 32.8 Å². The first kappa shape index (κ1) is 15.6. The summed E-state index contributed by atoms with van der Waals surface area (Å²) in [6.45, 7) is 7.14. The molecule has 0 aliphatic rings. The highest BCUT2D eigenvalue weighted by Crippen LogP contribution is 2.06. The fourth-order valence-corrected chi connectivity index (χ4v) is 1.73. The largest absolute Gasteiger partial charge is 0.351 e. The molecule has 1 rings (SSSR count). The summed E-state index contributed by atoms with van der Waals surface area (Å²) in [6.07, 6.45) is 1.07. The highest BCUT2D eigenvalue weighted by atomic mass is 19.1. The Morgan fingerprint density at radius 3 is 2.53 bits per heavy atom. The van der Waals surface area contributed by atoms with Crippen molar-refractivity contribution in [1.82, 2.24) is 10.6 Å². The van der Waals surface area contributed by atoms with Crippen LogP contribution >= 0.6 is 0 Å². The van der Waals surface area contributed by atoms with Crippen molar-refractivity contribution in [1.29, 1.82) is 0 Å². The van der Waals surface area contributed by atoms with E-state index in [1.165, 1.54) is 6.07 Å². The molecule has 0 aliphatic carbocycles. The molecule has 1 amide bonds. The van der Waals surface area contributed by atoms with Gasteiger partial charge in [-0.05, 0) is 45.4 Å². The summed E-state index contributed by atoms with van der Waals surface area (Å²) in [6, 6.07) is 6.76. The third kappa shape index (κ3) is 6.91. The van der Waals surface area contributed by atoms with Crippen LogP contribution in [0, 0.1) is 5.82 Å². The van der Waals surface area contributed by atoms with E-state index in [0.29, 0.717) is 31.5 Å². The van der Waals surface area contributed by atoms with Crippen LogP contribution in [0.3, 0.4) is 0 Å². The summed E-state index contributed by atoms with van der Waals surface area (Å²) in [5.74, 6) is -0.138. The number of nitrogens with one attached hydrogen (secondary N) is 2. The lowest BCUT2D eigenvalue weighted by Crippen LogP contribution is -2.41. The Labute approximate surface area is 114 Å². The fraction of sp³-hybridized carbons (Fsp3) is 0.533. The summed E-state index contributed by atoms with van der Waals surface area (Å²) >= 11 is 0. The topological polar surface area (TPSA) is 41.1 Å². The van der Waals surface area contributed by atoms with Crippen molar-refractivity contribution in [3.8, 4) is 0 Å². The molecule has 106 valence electrons. The van der Waals surface area contributed by atoms with Gasteiger partial charge < -0.3 is 10.6 Å². The number of benzene rings is 1. The lowest BCUT2D eigenvalue weighted by Gasteiger charge is -2.20. The van der Waals surface area contributed by atoms with Crippen LogP contribution in [0.5, 0.6) is 0 Å². The maximum Gasteiger partial charge on any atom is 0.221 e. The van der Waals surface area contributed by atoms with Gasteiger partial charge in [0.25, 0.3) is 0 Å². The van der Waals surface area contributed by atoms with Gasteiger partial charge in [-0.2, -0.15) is 0 Å². The zero-order valence-electron chi connectivity index (χ0n) is 11.9. The minimum atomic E-state index is -0.190. The number of carbonyl (C=O) groups is 1. The molecule has 0 radical (unpaired) electrons. The molecule has 4 heteroatoms. The van der Waals surface area contributed by atoms with E-state index in [0.717, 1.165) is 0 Å². The molecule has 0 unspecified atom stereocenters. The zero-order valence-corrected chi connectivity index (χ0v) is 11.9. The lowest BCUT2D eigenvalue weighted by molar-refractivity contribution is -0.122. The van der Waals surface area contributed by atoms with E-state index in [1.54, 1.807) is 12.1 Å². The SMILES string of the molecule is CC(C)(C)NC(=O)CCNCCc1ccccc1F. The highest BCUT2D eigenvalue weighted by Gasteiger charge is 2.12. The van der Waals surface area contributed by atoms with E-state index in [9.17, 15) is 9.18 Å². The number of rotatable bonds is 6. The van der Waals surface area contributed by atoms with Crippen molar-refractivity contribution in [2.24, 2.45) is 0 Å². The Kier molecular flexibility index (Phi) is 5.96. The molecular weight excluding hydrogens is 243 g/mol. The van der Waals surface area contributed by atoms with Gasteiger partial charge in [0.2, 0.25) is 5.91 Å². The molecule has 0 saturated heterocycles. The second-order valence-electron chi connectivity index (χ2n) is 5.64. The van der Waals surface area contributed by atoms with Gasteiger partial charge in [-0.15, -0.1) is 0 Å². The number of hydrogen-bond acceptors (Lipinski definition) is 2. The van der Waals surface area contributed by atoms with Gasteiger partial charge in [0.15, 0.2) is 0 Å². The van der Waals surface area contributed by atoms with E-state index in [4.69, 9.17) is 0 Å². The number of carbonyl (C=O) groups excluding carboxylic acids is 1. The Morgan fingerprint density at radius 1 is 1.21 bits per heavy atom. The van der Waals surface area contributed by atoms with Crippen molar-refractivity contribution < 1.29 is 9.18 Å². The van der Waals surface area contributed by atoms with Crippen molar-refractivity contribution in [3.05, 3.63) is 35.6 Å². The van der Waals surface area contributed by atoms with Gasteiger partial charge in [-0.3, -0.25) is 4.79 Å². The molecule has 0 saturated carbocycles. The lowest BCUT2D eigenvalue weighted by atomic mass is 10.1. The van der Waals surface area contributed by atoms with Gasteiger partial charge in [0.05, 0.1) is 0 Å². The summed E-state index contributed by atoms with van der Waals surface area (Å²) < 4.78 is 13.3. The van der Waals surface area contributed by atoms with Crippen LogP contribution in [0.15, 0.2) is 24.3 Å². The third-order valence-corrected chi connectivity index (χ3v) is 2.57. The Bertz CT molecular complexity index is 413. The van der Waals surface area contributed by atoms with Crippen molar-refractivity contribution >= 4 is 5.91 Å². The van der Waals surface area contributed by atoms with Crippen molar-refractivity contribution in [2.75, 3.05) is 13.1 Å². The normalized spacial score (nSPS) is 11.4. The van der Waals surface area contributed by atoms with Crippen LogP contribution in [0.25, 0.3) is 0 Å². The zero-order chi connectivity index (χ0) is 14.3. The number of hydrogen-bond donors (Lipinski definition) is 2. The van der Waals surface area contributed by atoms with Crippen LogP contribution in [0.2, 0.25) is 0 Å². The van der Waals surface area contributed by atoms with Crippen LogP contribution in [-0.4, -0.2) is 24.5 Å². The van der Waals surface area contributed by atoms with E-state index < -0.39 is 0 Å². The standard InChI is InChI=1S/C15H23FN2O/c1-15(2,3)18-14(19)9-11-17-10-8-12-6-4-5-7-13(12)16/h4-7,17H,8-11H2,1-3H3,(H,18,19). The smallest absolute Gasteiger partial charge is 0.221 e. The molecular formula is C15H23FN2O. The Hall–Kier alpha value is -1.42. The van der Waals surface area contributed by atoms with E-state index in [1.807, 2.05) is 26.8 Å². The van der Waals surface area contributed by atoms with Gasteiger partial charge in [-0.25, -0.2) is 4.39 Å². The number of amides is 1. The average Bonchev–Trinajstić information content (AvgIpc) is 2.28. The minimum absolute atomic E-state index is 0.0332. The molecule has 0 aromatic heterocycles. The molecule has 1 aromatic rings. The van der Waals surface area contributed by atoms with Crippen molar-refractivity contribution in [2.45, 2.75) is 39.2 Å². The van der Waals surface area contributed by atoms with E-state index in [2.05, 4.69) is 10.6 Å². The first-order valence-electron chi connectivity index (χ1n) is 6.63. The highest BCUT2D eigenvalue weighted by molar-refractivity contribution is 5.76. The average molecular weight is 266 g/mol. The first-order valence-corrected chi connectivity index (χ1v) is 6.63. The predicted molar refractivity (Wildman–Crippen MR) is 75.5 cm³/mol. The van der Waals surface area contributed by atoms with Gasteiger partial charge in [0, 0.05) is 18.5 Å². The quantitative estimate of drug-likeness (QED) is 0.775. The Balaban J connectivity index is 2.15. The molecule has 0 heterocycles. The van der Waals surface area contributed by atoms with Crippen LogP contribution in [0.4, 0.5) is 4.39 Å². The molecule has 19 heavy (non-hydrogen) atoms. The fourth-order valence-electron chi connectivity index (χ4n) is 1.73. The summed E-state index contributed by atoms with van der Waals surface area (Å²) in [5, 5.41) is 6.05. The summed E-state index contributed by atoms with van der Waals surface area (Å²) in [7, 11) is 0. The minimum Gasteiger partial charge on any atom is -0.351 e. The maximum absolute atomic E-state index is 13.3. The van der Waals surface area contributed by atoms with E-state index in [-0.39, 0.29) is 17.3 Å². The third-order valence-electron chi connectivity index (χ3n) is 2.57. The van der Waals surface area contributed by atoms with Crippen molar-refractivity contribution in [3.63, 3.8) is 0 Å². The number of halogens is 1. The molecule has 0 bridgehead atoms. The first-order chi connectivity index (χ1) is 8.88. The maximum atomic E-state index is 13.3. The van der Waals surface area contributed by atoms with Gasteiger partial charge in [-0.1, -0.05) is 18.2 Å². The predicted octanol–water partition coefficient (Wildman–Crippen LogP) is 2.26. The summed E-state index contributed by atoms with van der Waals surface area (Å²) in [4.78, 5) is 11.5. The molecule has 0 fully saturated rings. The molecule has 2 N–H and O–H groups in total. The molecule has 0 aliphatic heterocycles. The van der Waals surface area contributed by atoms with Crippen LogP contribution < -0.4 is 10.6 Å². The second-order valence-corrected chi connectivity index (χ2v) is 5.64. The molecule has 0 atom stereocenters. The summed E-state index contributed by atoms with van der Waals surface area (Å²) in [5.41, 5.74) is 0.513. The molecule has 1 aromatic carbocycles. The van der Waals surface area contributed by atoms with Gasteiger partial charge >= 0.3 is 0 Å². The van der Waals surface area contributed by atoms with E-state index >= 15 is 0 Å². The Morgan fingerprint density at radius 2 is 1.89 bits per heavy atom.